The van der Waals surface area contributed by atoms with Gasteiger partial charge in [0.2, 0.25) is 0 Å². The first-order chi connectivity index (χ1) is 8.88. The Balaban J connectivity index is 2.32. The molecule has 2 rings (SSSR count). The number of rotatable bonds is 3. The van der Waals surface area contributed by atoms with Gasteiger partial charge in [-0.05, 0) is 35.2 Å². The van der Waals surface area contributed by atoms with E-state index < -0.39 is 18.7 Å². The lowest BCUT2D eigenvalue weighted by Gasteiger charge is -2.16. The second kappa shape index (κ2) is 5.21. The average Bonchev–Trinajstić information content (AvgIpc) is 2.36. The highest BCUT2D eigenvalue weighted by Gasteiger charge is 2.28. The number of hydrogen-bond acceptors (Lipinski definition) is 1. The Morgan fingerprint density at radius 1 is 1.05 bits per heavy atom. The summed E-state index contributed by atoms with van der Waals surface area (Å²) in [6.45, 7) is 1.94. The van der Waals surface area contributed by atoms with E-state index in [0.29, 0.717) is 5.56 Å². The van der Waals surface area contributed by atoms with Gasteiger partial charge in [-0.3, -0.25) is 0 Å². The van der Waals surface area contributed by atoms with Crippen molar-refractivity contribution in [2.75, 3.05) is 0 Å². The Hall–Kier alpha value is -1.55. The molecule has 1 atom stereocenters. The van der Waals surface area contributed by atoms with Crippen LogP contribution in [0.25, 0.3) is 10.8 Å². The monoisotopic (exact) mass is 268 g/mol. The Morgan fingerprint density at radius 3 is 2.32 bits per heavy atom. The van der Waals surface area contributed by atoms with Crippen molar-refractivity contribution in [1.29, 1.82) is 0 Å². The van der Waals surface area contributed by atoms with Crippen LogP contribution in [0.2, 0.25) is 0 Å². The molecule has 4 heteroatoms. The van der Waals surface area contributed by atoms with Gasteiger partial charge in [-0.15, -0.1) is 0 Å². The minimum absolute atomic E-state index is 0.309. The van der Waals surface area contributed by atoms with E-state index in [1.54, 1.807) is 6.07 Å². The topological polar surface area (TPSA) is 20.2 Å². The summed E-state index contributed by atoms with van der Waals surface area (Å²) < 4.78 is 36.6. The van der Waals surface area contributed by atoms with Crippen molar-refractivity contribution in [2.24, 2.45) is 0 Å². The van der Waals surface area contributed by atoms with Crippen LogP contribution in [0.15, 0.2) is 36.4 Å². The molecule has 1 unspecified atom stereocenters. The molecule has 19 heavy (non-hydrogen) atoms. The van der Waals surface area contributed by atoms with E-state index in [9.17, 15) is 18.3 Å². The molecular weight excluding hydrogens is 253 g/mol. The predicted molar refractivity (Wildman–Crippen MR) is 68.9 cm³/mol. The molecule has 2 aromatic rings. The van der Waals surface area contributed by atoms with Gasteiger partial charge in [-0.25, -0.2) is 0 Å². The summed E-state index contributed by atoms with van der Waals surface area (Å²) in [4.78, 5) is 0. The first-order valence-corrected chi connectivity index (χ1v) is 6.11. The van der Waals surface area contributed by atoms with Crippen LogP contribution < -0.4 is 0 Å². The van der Waals surface area contributed by atoms with E-state index in [-0.39, 0.29) is 6.42 Å². The molecule has 0 saturated heterocycles. The molecule has 0 aliphatic rings. The van der Waals surface area contributed by atoms with Gasteiger partial charge in [0.1, 0.15) is 0 Å². The van der Waals surface area contributed by atoms with Gasteiger partial charge in [0.25, 0.3) is 0 Å². The minimum atomic E-state index is -4.23. The standard InChI is InChI=1S/C15H15F3O/c1-10-6-7-13(12-5-3-2-4-11(10)12)14(19)8-9-15(16,17)18/h2-7,14,19H,8-9H2,1H3. The fourth-order valence-electron chi connectivity index (χ4n) is 2.22. The predicted octanol–water partition coefficient (Wildman–Crippen LogP) is 4.52. The lowest BCUT2D eigenvalue weighted by molar-refractivity contribution is -0.140. The largest absolute Gasteiger partial charge is 0.389 e. The summed E-state index contributed by atoms with van der Waals surface area (Å²) in [7, 11) is 0. The van der Waals surface area contributed by atoms with Crippen molar-refractivity contribution in [1.82, 2.24) is 0 Å². The third kappa shape index (κ3) is 3.26. The fourth-order valence-corrected chi connectivity index (χ4v) is 2.22. The zero-order chi connectivity index (χ0) is 14.0. The van der Waals surface area contributed by atoms with Crippen molar-refractivity contribution in [3.05, 3.63) is 47.5 Å². The third-order valence-electron chi connectivity index (χ3n) is 3.24. The molecule has 0 saturated carbocycles. The molecule has 0 spiro atoms. The zero-order valence-electron chi connectivity index (χ0n) is 10.5. The molecular formula is C15H15F3O. The fraction of sp³-hybridized carbons (Fsp3) is 0.333. The molecule has 0 amide bonds. The zero-order valence-corrected chi connectivity index (χ0v) is 10.5. The summed E-state index contributed by atoms with van der Waals surface area (Å²) in [5.74, 6) is 0. The molecule has 2 aromatic carbocycles. The minimum Gasteiger partial charge on any atom is -0.388 e. The van der Waals surface area contributed by atoms with Crippen molar-refractivity contribution in [3.63, 3.8) is 0 Å². The van der Waals surface area contributed by atoms with Crippen LogP contribution in [0.5, 0.6) is 0 Å². The van der Waals surface area contributed by atoms with Gasteiger partial charge in [0.15, 0.2) is 0 Å². The van der Waals surface area contributed by atoms with Crippen LogP contribution in [0.3, 0.4) is 0 Å². The van der Waals surface area contributed by atoms with Crippen LogP contribution in [0.4, 0.5) is 13.2 Å². The molecule has 1 N–H and O–H groups in total. The molecule has 0 aliphatic carbocycles. The lowest BCUT2D eigenvalue weighted by Crippen LogP contribution is -2.10. The van der Waals surface area contributed by atoms with E-state index in [4.69, 9.17) is 0 Å². The van der Waals surface area contributed by atoms with Gasteiger partial charge >= 0.3 is 6.18 Å². The second-order valence-corrected chi connectivity index (χ2v) is 4.69. The van der Waals surface area contributed by atoms with E-state index in [1.807, 2.05) is 37.3 Å². The molecule has 0 fully saturated rings. The van der Waals surface area contributed by atoms with E-state index >= 15 is 0 Å². The Morgan fingerprint density at radius 2 is 1.68 bits per heavy atom. The highest BCUT2D eigenvalue weighted by molar-refractivity contribution is 5.88. The van der Waals surface area contributed by atoms with Crippen molar-refractivity contribution in [2.45, 2.75) is 32.0 Å². The van der Waals surface area contributed by atoms with Crippen LogP contribution in [-0.4, -0.2) is 11.3 Å². The molecule has 102 valence electrons. The molecule has 0 heterocycles. The van der Waals surface area contributed by atoms with E-state index in [1.165, 1.54) is 0 Å². The number of aliphatic hydroxyl groups excluding tert-OH is 1. The Kier molecular flexibility index (Phi) is 3.80. The van der Waals surface area contributed by atoms with E-state index in [2.05, 4.69) is 0 Å². The van der Waals surface area contributed by atoms with Gasteiger partial charge < -0.3 is 5.11 Å². The first-order valence-electron chi connectivity index (χ1n) is 6.11. The number of alkyl halides is 3. The van der Waals surface area contributed by atoms with Gasteiger partial charge in [0, 0.05) is 6.42 Å². The number of aryl methyl sites for hydroxylation is 1. The summed E-state index contributed by atoms with van der Waals surface area (Å²) in [6, 6.07) is 11.0. The van der Waals surface area contributed by atoms with Crippen molar-refractivity contribution in [3.8, 4) is 0 Å². The number of benzene rings is 2. The van der Waals surface area contributed by atoms with Crippen molar-refractivity contribution < 1.29 is 18.3 Å². The average molecular weight is 268 g/mol. The summed E-state index contributed by atoms with van der Waals surface area (Å²) in [6.07, 6.45) is -6.61. The molecule has 0 aromatic heterocycles. The highest BCUT2D eigenvalue weighted by atomic mass is 19.4. The lowest BCUT2D eigenvalue weighted by atomic mass is 9.95. The molecule has 0 aliphatic heterocycles. The molecule has 1 nitrogen and oxygen atoms in total. The van der Waals surface area contributed by atoms with Crippen LogP contribution in [0.1, 0.15) is 30.1 Å². The van der Waals surface area contributed by atoms with Crippen LogP contribution >= 0.6 is 0 Å². The highest BCUT2D eigenvalue weighted by Crippen LogP contribution is 2.32. The number of fused-ring (bicyclic) bond motifs is 1. The van der Waals surface area contributed by atoms with Crippen molar-refractivity contribution >= 4 is 10.8 Å². The maximum absolute atomic E-state index is 12.2. The maximum Gasteiger partial charge on any atom is 0.389 e. The van der Waals surface area contributed by atoms with Gasteiger partial charge in [-0.2, -0.15) is 13.2 Å². The van der Waals surface area contributed by atoms with E-state index in [0.717, 1.165) is 16.3 Å². The number of hydrogen-bond donors (Lipinski definition) is 1. The third-order valence-corrected chi connectivity index (χ3v) is 3.24. The van der Waals surface area contributed by atoms with Gasteiger partial charge in [0.05, 0.1) is 6.10 Å². The maximum atomic E-state index is 12.2. The molecule has 0 radical (unpaired) electrons. The van der Waals surface area contributed by atoms with Gasteiger partial charge in [-0.1, -0.05) is 36.4 Å². The molecule has 0 bridgehead atoms. The van der Waals surface area contributed by atoms with Crippen LogP contribution in [0, 0.1) is 6.92 Å². The normalized spacial score (nSPS) is 13.7. The Bertz CT molecular complexity index is 575. The quantitative estimate of drug-likeness (QED) is 0.867. The number of aliphatic hydroxyl groups is 1. The summed E-state index contributed by atoms with van der Waals surface area (Å²) in [5, 5.41) is 11.8. The Labute approximate surface area is 109 Å². The smallest absolute Gasteiger partial charge is 0.388 e. The SMILES string of the molecule is Cc1ccc(C(O)CCC(F)(F)F)c2ccccc12. The number of halogens is 3. The van der Waals surface area contributed by atoms with Crippen LogP contribution in [-0.2, 0) is 0 Å². The second-order valence-electron chi connectivity index (χ2n) is 4.69. The summed E-state index contributed by atoms with van der Waals surface area (Å²) >= 11 is 0. The first kappa shape index (κ1) is 13.9. The summed E-state index contributed by atoms with van der Waals surface area (Å²) in [5.41, 5.74) is 1.60.